The van der Waals surface area contributed by atoms with E-state index in [-0.39, 0.29) is 11.8 Å². The Morgan fingerprint density at radius 1 is 1.27 bits per heavy atom. The lowest BCUT2D eigenvalue weighted by Crippen LogP contribution is -2.45. The quantitative estimate of drug-likeness (QED) is 0.320. The summed E-state index contributed by atoms with van der Waals surface area (Å²) < 4.78 is 5.50. The largest absolute Gasteiger partial charge is 0.407 e. The second kappa shape index (κ2) is 11.1. The Labute approximate surface area is 214 Å². The average Bonchev–Trinajstić information content (AvgIpc) is 3.01. The molecule has 10 heteroatoms. The predicted molar refractivity (Wildman–Crippen MR) is 143 cm³/mol. The second-order valence-corrected chi connectivity index (χ2v) is 8.28. The van der Waals surface area contributed by atoms with E-state index < -0.39 is 18.1 Å². The van der Waals surface area contributed by atoms with Crippen LogP contribution >= 0.6 is 0 Å². The summed E-state index contributed by atoms with van der Waals surface area (Å²) in [5.74, 6) is -0.529. The topological polar surface area (TPSA) is 152 Å². The normalized spacial score (nSPS) is 18.4. The molecule has 2 heterocycles. The van der Waals surface area contributed by atoms with Crippen molar-refractivity contribution in [3.8, 4) is 6.07 Å². The maximum Gasteiger partial charge on any atom is 0.291 e. The molecule has 1 atom stereocenters. The molecular formula is C27H26N8O2. The first-order valence-corrected chi connectivity index (χ1v) is 11.6. The van der Waals surface area contributed by atoms with Crippen LogP contribution in [0.1, 0.15) is 18.1 Å². The van der Waals surface area contributed by atoms with E-state index in [4.69, 9.17) is 21.1 Å². The Morgan fingerprint density at radius 3 is 2.65 bits per heavy atom. The molecular weight excluding hydrogens is 468 g/mol. The van der Waals surface area contributed by atoms with Crippen molar-refractivity contribution in [2.24, 2.45) is 26.6 Å². The number of benzene rings is 2. The molecule has 1 amide bonds. The summed E-state index contributed by atoms with van der Waals surface area (Å²) in [4.78, 5) is 27.7. The van der Waals surface area contributed by atoms with E-state index in [1.54, 1.807) is 25.1 Å². The number of aliphatic imine (C=N–C) groups is 3. The van der Waals surface area contributed by atoms with Gasteiger partial charge >= 0.3 is 0 Å². The molecule has 0 spiro atoms. The van der Waals surface area contributed by atoms with Gasteiger partial charge in [0, 0.05) is 24.2 Å². The van der Waals surface area contributed by atoms with Gasteiger partial charge in [-0.2, -0.15) is 10.3 Å². The smallest absolute Gasteiger partial charge is 0.291 e. The van der Waals surface area contributed by atoms with E-state index in [9.17, 15) is 4.79 Å². The van der Waals surface area contributed by atoms with Gasteiger partial charge in [0.1, 0.15) is 5.82 Å². The van der Waals surface area contributed by atoms with Gasteiger partial charge in [0.15, 0.2) is 0 Å². The van der Waals surface area contributed by atoms with E-state index >= 15 is 0 Å². The minimum Gasteiger partial charge on any atom is -0.407 e. The molecule has 2 aromatic rings. The van der Waals surface area contributed by atoms with Gasteiger partial charge in [-0.15, -0.1) is 0 Å². The minimum atomic E-state index is -1.24. The monoisotopic (exact) mass is 494 g/mol. The molecule has 10 nitrogen and oxygen atoms in total. The third-order valence-corrected chi connectivity index (χ3v) is 5.76. The third-order valence-electron chi connectivity index (χ3n) is 5.76. The molecule has 4 rings (SSSR count). The number of nitriles is 1. The maximum absolute atomic E-state index is 13.0. The molecule has 37 heavy (non-hydrogen) atoms. The van der Waals surface area contributed by atoms with E-state index in [2.05, 4.69) is 33.1 Å². The van der Waals surface area contributed by atoms with Gasteiger partial charge in [-0.25, -0.2) is 9.98 Å². The zero-order valence-electron chi connectivity index (χ0n) is 20.3. The van der Waals surface area contributed by atoms with Crippen LogP contribution in [0.5, 0.6) is 0 Å². The number of nitrogens with zero attached hydrogens (tertiary/aromatic N) is 5. The summed E-state index contributed by atoms with van der Waals surface area (Å²) in [6.07, 6.45) is 2.12. The predicted octanol–water partition coefficient (Wildman–Crippen LogP) is 3.05. The van der Waals surface area contributed by atoms with Crippen molar-refractivity contribution in [1.29, 1.82) is 10.7 Å². The van der Waals surface area contributed by atoms with Crippen LogP contribution in [0.25, 0.3) is 0 Å². The molecule has 0 aromatic heterocycles. The van der Waals surface area contributed by atoms with E-state index in [1.165, 1.54) is 0 Å². The number of amidine groups is 1. The number of rotatable bonds is 6. The number of likely N-dealkylation sites (tertiary alicyclic amines) is 1. The van der Waals surface area contributed by atoms with Gasteiger partial charge in [0.05, 0.1) is 29.0 Å². The van der Waals surface area contributed by atoms with Crippen LogP contribution in [0.15, 0.2) is 93.1 Å². The van der Waals surface area contributed by atoms with Crippen LogP contribution in [0.2, 0.25) is 0 Å². The van der Waals surface area contributed by atoms with Gasteiger partial charge in [0.25, 0.3) is 11.9 Å². The average molecular weight is 495 g/mol. The van der Waals surface area contributed by atoms with Crippen LogP contribution < -0.4 is 11.1 Å². The summed E-state index contributed by atoms with van der Waals surface area (Å²) in [7, 11) is 0. The van der Waals surface area contributed by atoms with E-state index in [0.717, 1.165) is 11.1 Å². The van der Waals surface area contributed by atoms with Gasteiger partial charge in [0.2, 0.25) is 12.1 Å². The van der Waals surface area contributed by atoms with E-state index in [1.807, 2.05) is 53.4 Å². The Balaban J connectivity index is 1.64. The summed E-state index contributed by atoms with van der Waals surface area (Å²) >= 11 is 0. The van der Waals surface area contributed by atoms with Crippen LogP contribution in [0, 0.1) is 22.7 Å². The highest BCUT2D eigenvalue weighted by atomic mass is 16.5. The van der Waals surface area contributed by atoms with E-state index in [0.29, 0.717) is 35.9 Å². The Morgan fingerprint density at radius 2 is 1.97 bits per heavy atom. The van der Waals surface area contributed by atoms with Crippen molar-refractivity contribution in [1.82, 2.24) is 4.90 Å². The van der Waals surface area contributed by atoms with Crippen LogP contribution in [0.3, 0.4) is 0 Å². The summed E-state index contributed by atoms with van der Waals surface area (Å²) in [6.45, 7) is 6.33. The van der Waals surface area contributed by atoms with Crippen molar-refractivity contribution in [3.63, 3.8) is 0 Å². The Hall–Kier alpha value is -5.04. The first-order chi connectivity index (χ1) is 17.9. The first kappa shape index (κ1) is 25.1. The maximum atomic E-state index is 13.0. The number of anilines is 1. The number of fused-ring (bicyclic) bond motifs is 1. The fourth-order valence-electron chi connectivity index (χ4n) is 3.97. The number of nitrogens with one attached hydrogen (secondary N) is 2. The molecule has 0 bridgehead atoms. The number of benzodiazepines with no additional fused rings is 1. The lowest BCUT2D eigenvalue weighted by Gasteiger charge is -2.37. The number of allylic oxidation sites excluding steroid dienone is 1. The van der Waals surface area contributed by atoms with Gasteiger partial charge in [-0.1, -0.05) is 60.7 Å². The number of amides is 1. The second-order valence-electron chi connectivity index (χ2n) is 8.28. The molecule has 2 aromatic carbocycles. The minimum absolute atomic E-state index is 0.111. The number of nitrogens with two attached hydrogens (primary N) is 1. The molecule has 186 valence electrons. The van der Waals surface area contributed by atoms with Crippen molar-refractivity contribution in [2.75, 3.05) is 18.4 Å². The Bertz CT molecular complexity index is 1380. The molecule has 2 aliphatic rings. The number of carbonyl (C=O) groups is 1. The molecule has 1 saturated heterocycles. The van der Waals surface area contributed by atoms with Crippen molar-refractivity contribution < 1.29 is 9.53 Å². The fraction of sp³-hybridized carbons (Fsp3) is 0.185. The highest BCUT2D eigenvalue weighted by molar-refractivity contribution is 6.19. The summed E-state index contributed by atoms with van der Waals surface area (Å²) in [5.41, 5.74) is 9.09. The molecule has 0 aliphatic carbocycles. The molecule has 1 unspecified atom stereocenters. The highest BCUT2D eigenvalue weighted by Crippen LogP contribution is 2.26. The lowest BCUT2D eigenvalue weighted by molar-refractivity contribution is -0.117. The van der Waals surface area contributed by atoms with Crippen molar-refractivity contribution >= 4 is 35.9 Å². The summed E-state index contributed by atoms with van der Waals surface area (Å²) in [5, 5.41) is 20.4. The zero-order chi connectivity index (χ0) is 26.4. The SMILES string of the molecule is C=N/C(=C(\C=C/C)C(=N)O/C(N)=N/C1N=C(c2ccccc2)c2ccccc2NC1=O)N1CC(C#N)C1. The third kappa shape index (κ3) is 5.46. The summed E-state index contributed by atoms with van der Waals surface area (Å²) in [6, 6.07) is 18.6. The van der Waals surface area contributed by atoms with Crippen molar-refractivity contribution in [3.05, 3.63) is 89.3 Å². The molecule has 1 fully saturated rings. The fourth-order valence-corrected chi connectivity index (χ4v) is 3.97. The lowest BCUT2D eigenvalue weighted by atomic mass is 10.0. The number of hydrogen-bond acceptors (Lipinski definition) is 8. The number of ether oxygens (including phenoxy) is 1. The molecule has 4 N–H and O–H groups in total. The van der Waals surface area contributed by atoms with Gasteiger partial charge < -0.3 is 20.7 Å². The van der Waals surface area contributed by atoms with Crippen LogP contribution in [0.4, 0.5) is 5.69 Å². The van der Waals surface area contributed by atoms with Crippen molar-refractivity contribution in [2.45, 2.75) is 13.1 Å². The first-order valence-electron chi connectivity index (χ1n) is 11.6. The van der Waals surface area contributed by atoms with Gasteiger partial charge in [-0.05, 0) is 19.7 Å². The number of para-hydroxylation sites is 1. The molecule has 0 saturated carbocycles. The number of hydrogen-bond donors (Lipinski definition) is 3. The standard InChI is InChI=1S/C27H26N8O2/c1-3-9-20(25(31-2)35-15-17(14-28)16-35)23(29)37-27(30)34-24-26(36)32-21-13-8-7-12-19(21)22(33-24)18-10-5-4-6-11-18/h3-13,17,24,29H,2,15-16H2,1H3,(H2,30,34)(H,32,36)/b9-3-,25-20-,29-23?. The van der Waals surface area contributed by atoms with Gasteiger partial charge in [-0.3, -0.25) is 10.2 Å². The van der Waals surface area contributed by atoms with Crippen LogP contribution in [-0.4, -0.2) is 54.4 Å². The highest BCUT2D eigenvalue weighted by Gasteiger charge is 2.31. The Kier molecular flexibility index (Phi) is 7.54. The van der Waals surface area contributed by atoms with Crippen LogP contribution in [-0.2, 0) is 9.53 Å². The molecule has 0 radical (unpaired) electrons. The zero-order valence-corrected chi connectivity index (χ0v) is 20.3. The number of carbonyl (C=O) groups excluding carboxylic acids is 1. The molecule has 2 aliphatic heterocycles.